The second kappa shape index (κ2) is 6.73. The molecular formula is C18H16Cl2N2O. The van der Waals surface area contributed by atoms with Crippen molar-refractivity contribution in [1.29, 1.82) is 0 Å². The van der Waals surface area contributed by atoms with Crippen molar-refractivity contribution in [1.82, 2.24) is 5.43 Å². The SMILES string of the molecule is CC(=NNC(=O)C1CC1c1ccccc1)c1ccc(Cl)c(Cl)c1. The van der Waals surface area contributed by atoms with Crippen LogP contribution in [0.2, 0.25) is 10.0 Å². The summed E-state index contributed by atoms with van der Waals surface area (Å²) in [6.07, 6.45) is 0.872. The van der Waals surface area contributed by atoms with Gasteiger partial charge < -0.3 is 0 Å². The second-order valence-electron chi connectivity index (χ2n) is 5.66. The molecule has 0 aromatic heterocycles. The molecule has 1 aliphatic rings. The van der Waals surface area contributed by atoms with Crippen molar-refractivity contribution in [3.05, 3.63) is 69.7 Å². The number of hydrogen-bond acceptors (Lipinski definition) is 2. The van der Waals surface area contributed by atoms with Crippen molar-refractivity contribution in [3.63, 3.8) is 0 Å². The van der Waals surface area contributed by atoms with Crippen LogP contribution in [0.4, 0.5) is 0 Å². The Bertz CT molecular complexity index is 759. The number of nitrogens with one attached hydrogen (secondary N) is 1. The fourth-order valence-corrected chi connectivity index (χ4v) is 2.86. The first-order valence-electron chi connectivity index (χ1n) is 7.41. The molecule has 0 saturated heterocycles. The highest BCUT2D eigenvalue weighted by Gasteiger charge is 2.43. The summed E-state index contributed by atoms with van der Waals surface area (Å²) in [4.78, 5) is 12.2. The van der Waals surface area contributed by atoms with Crippen LogP contribution in [0.3, 0.4) is 0 Å². The number of benzene rings is 2. The number of nitrogens with zero attached hydrogens (tertiary/aromatic N) is 1. The number of amides is 1. The van der Waals surface area contributed by atoms with Crippen LogP contribution in [-0.2, 0) is 4.79 Å². The Balaban J connectivity index is 1.61. The zero-order chi connectivity index (χ0) is 16.4. The molecule has 1 N–H and O–H groups in total. The molecule has 1 aliphatic carbocycles. The van der Waals surface area contributed by atoms with E-state index in [1.54, 1.807) is 12.1 Å². The monoisotopic (exact) mass is 346 g/mol. The van der Waals surface area contributed by atoms with Crippen molar-refractivity contribution < 1.29 is 4.79 Å². The first kappa shape index (κ1) is 16.0. The van der Waals surface area contributed by atoms with Gasteiger partial charge in [-0.05, 0) is 42.5 Å². The van der Waals surface area contributed by atoms with Crippen molar-refractivity contribution in [3.8, 4) is 0 Å². The van der Waals surface area contributed by atoms with E-state index >= 15 is 0 Å². The molecule has 0 bridgehead atoms. The Labute approximate surface area is 145 Å². The number of hydrazone groups is 1. The molecule has 0 aliphatic heterocycles. The van der Waals surface area contributed by atoms with E-state index in [-0.39, 0.29) is 11.8 Å². The lowest BCUT2D eigenvalue weighted by Gasteiger charge is -2.04. The maximum absolute atomic E-state index is 12.2. The maximum Gasteiger partial charge on any atom is 0.243 e. The fraction of sp³-hybridized carbons (Fsp3) is 0.222. The number of hydrogen-bond donors (Lipinski definition) is 1. The van der Waals surface area contributed by atoms with Crippen molar-refractivity contribution in [2.24, 2.45) is 11.0 Å². The van der Waals surface area contributed by atoms with Gasteiger partial charge in [-0.2, -0.15) is 5.10 Å². The van der Waals surface area contributed by atoms with Gasteiger partial charge in [-0.25, -0.2) is 5.43 Å². The molecule has 0 radical (unpaired) electrons. The van der Waals surface area contributed by atoms with Gasteiger partial charge in [0, 0.05) is 5.92 Å². The molecule has 0 spiro atoms. The quantitative estimate of drug-likeness (QED) is 0.635. The molecule has 3 rings (SSSR count). The van der Waals surface area contributed by atoms with Gasteiger partial charge in [-0.1, -0.05) is 59.6 Å². The Morgan fingerprint density at radius 3 is 2.57 bits per heavy atom. The molecule has 3 nitrogen and oxygen atoms in total. The maximum atomic E-state index is 12.2. The minimum atomic E-state index is -0.0433. The summed E-state index contributed by atoms with van der Waals surface area (Å²) in [5.41, 5.74) is 5.37. The molecule has 2 aromatic carbocycles. The molecule has 2 aromatic rings. The third-order valence-corrected chi connectivity index (χ3v) is 4.77. The van der Waals surface area contributed by atoms with Gasteiger partial charge in [-0.3, -0.25) is 4.79 Å². The lowest BCUT2D eigenvalue weighted by Crippen LogP contribution is -2.21. The third kappa shape index (κ3) is 3.74. The van der Waals surface area contributed by atoms with Gasteiger partial charge in [0.2, 0.25) is 5.91 Å². The lowest BCUT2D eigenvalue weighted by molar-refractivity contribution is -0.122. The second-order valence-corrected chi connectivity index (χ2v) is 6.48. The van der Waals surface area contributed by atoms with E-state index in [1.807, 2.05) is 31.2 Å². The summed E-state index contributed by atoms with van der Waals surface area (Å²) in [6.45, 7) is 1.82. The smallest absolute Gasteiger partial charge is 0.243 e. The van der Waals surface area contributed by atoms with Crippen LogP contribution in [0.15, 0.2) is 53.6 Å². The van der Waals surface area contributed by atoms with Gasteiger partial charge in [0.25, 0.3) is 0 Å². The summed E-state index contributed by atoms with van der Waals surface area (Å²) in [5, 5.41) is 5.13. The first-order chi connectivity index (χ1) is 11.1. The van der Waals surface area contributed by atoms with E-state index in [4.69, 9.17) is 23.2 Å². The molecule has 5 heteroatoms. The molecule has 1 saturated carbocycles. The summed E-state index contributed by atoms with van der Waals surface area (Å²) >= 11 is 11.9. The Morgan fingerprint density at radius 1 is 1.13 bits per heavy atom. The predicted molar refractivity (Wildman–Crippen MR) is 94.1 cm³/mol. The molecule has 0 heterocycles. The standard InChI is InChI=1S/C18H16Cl2N2O/c1-11(13-7-8-16(19)17(20)9-13)21-22-18(23)15-10-14(15)12-5-3-2-4-6-12/h2-9,14-15H,10H2,1H3,(H,22,23). The van der Waals surface area contributed by atoms with Gasteiger partial charge in [-0.15, -0.1) is 0 Å². The average molecular weight is 347 g/mol. The van der Waals surface area contributed by atoms with Gasteiger partial charge >= 0.3 is 0 Å². The van der Waals surface area contributed by atoms with Crippen LogP contribution in [0.1, 0.15) is 30.4 Å². The predicted octanol–water partition coefficient (Wildman–Crippen LogP) is 4.64. The Kier molecular flexibility index (Phi) is 4.69. The van der Waals surface area contributed by atoms with E-state index in [2.05, 4.69) is 22.7 Å². The van der Waals surface area contributed by atoms with E-state index in [1.165, 1.54) is 5.56 Å². The van der Waals surface area contributed by atoms with Crippen LogP contribution < -0.4 is 5.43 Å². The fourth-order valence-electron chi connectivity index (χ4n) is 2.56. The van der Waals surface area contributed by atoms with Gasteiger partial charge in [0.1, 0.15) is 0 Å². The van der Waals surface area contributed by atoms with E-state index < -0.39 is 0 Å². The normalized spacial score (nSPS) is 20.2. The van der Waals surface area contributed by atoms with Crippen molar-refractivity contribution in [2.45, 2.75) is 19.3 Å². The lowest BCUT2D eigenvalue weighted by atomic mass is 10.1. The minimum absolute atomic E-state index is 0.00255. The van der Waals surface area contributed by atoms with Crippen LogP contribution in [0.5, 0.6) is 0 Å². The summed E-state index contributed by atoms with van der Waals surface area (Å²) in [7, 11) is 0. The first-order valence-corrected chi connectivity index (χ1v) is 8.16. The van der Waals surface area contributed by atoms with Crippen molar-refractivity contribution >= 4 is 34.8 Å². The molecule has 1 amide bonds. The summed E-state index contributed by atoms with van der Waals surface area (Å²) in [6, 6.07) is 15.4. The van der Waals surface area contributed by atoms with Gasteiger partial charge in [0.05, 0.1) is 15.8 Å². The molecule has 2 unspecified atom stereocenters. The molecule has 2 atom stereocenters. The van der Waals surface area contributed by atoms with E-state index in [0.717, 1.165) is 12.0 Å². The zero-order valence-electron chi connectivity index (χ0n) is 12.6. The largest absolute Gasteiger partial charge is 0.273 e. The highest BCUT2D eigenvalue weighted by Crippen LogP contribution is 2.47. The summed E-state index contributed by atoms with van der Waals surface area (Å²) < 4.78 is 0. The Morgan fingerprint density at radius 2 is 1.87 bits per heavy atom. The highest BCUT2D eigenvalue weighted by molar-refractivity contribution is 6.42. The molecule has 23 heavy (non-hydrogen) atoms. The molecule has 118 valence electrons. The average Bonchev–Trinajstić information content (AvgIpc) is 3.36. The minimum Gasteiger partial charge on any atom is -0.273 e. The van der Waals surface area contributed by atoms with Crippen LogP contribution in [-0.4, -0.2) is 11.6 Å². The van der Waals surface area contributed by atoms with Crippen LogP contribution in [0, 0.1) is 5.92 Å². The van der Waals surface area contributed by atoms with Crippen molar-refractivity contribution in [2.75, 3.05) is 0 Å². The summed E-state index contributed by atoms with van der Waals surface area (Å²) in [5.74, 6) is 0.262. The topological polar surface area (TPSA) is 41.5 Å². The van der Waals surface area contributed by atoms with E-state index in [9.17, 15) is 4.79 Å². The van der Waals surface area contributed by atoms with Crippen LogP contribution in [0.25, 0.3) is 0 Å². The highest BCUT2D eigenvalue weighted by atomic mass is 35.5. The zero-order valence-corrected chi connectivity index (χ0v) is 14.1. The molecular weight excluding hydrogens is 331 g/mol. The van der Waals surface area contributed by atoms with E-state index in [0.29, 0.717) is 21.7 Å². The number of carbonyl (C=O) groups is 1. The molecule has 1 fully saturated rings. The number of halogens is 2. The number of rotatable bonds is 4. The van der Waals surface area contributed by atoms with Gasteiger partial charge in [0.15, 0.2) is 0 Å². The third-order valence-electron chi connectivity index (χ3n) is 4.03. The van der Waals surface area contributed by atoms with Crippen LogP contribution >= 0.6 is 23.2 Å². The Hall–Kier alpha value is -1.84. The number of carbonyl (C=O) groups excluding carboxylic acids is 1.